The minimum Gasteiger partial charge on any atom is -0.497 e. The van der Waals surface area contributed by atoms with Crippen LogP contribution in [0.3, 0.4) is 0 Å². The highest BCUT2D eigenvalue weighted by atomic mass is 35.5. The Kier molecular flexibility index (Phi) is 4.76. The first kappa shape index (κ1) is 15.7. The molecule has 0 aromatic heterocycles. The van der Waals surface area contributed by atoms with E-state index in [9.17, 15) is 0 Å². The van der Waals surface area contributed by atoms with Crippen molar-refractivity contribution < 1.29 is 9.47 Å². The lowest BCUT2D eigenvalue weighted by Gasteiger charge is -2.13. The fourth-order valence-corrected chi connectivity index (χ4v) is 3.05. The Morgan fingerprint density at radius 2 is 1.38 bits per heavy atom. The molecule has 0 aliphatic heterocycles. The molecule has 3 nitrogen and oxygen atoms in total. The summed E-state index contributed by atoms with van der Waals surface area (Å²) in [5, 5.41) is 0. The van der Waals surface area contributed by atoms with Gasteiger partial charge in [0.2, 0.25) is 0 Å². The van der Waals surface area contributed by atoms with E-state index in [2.05, 4.69) is 24.3 Å². The first-order chi connectivity index (χ1) is 9.78. The van der Waals surface area contributed by atoms with E-state index >= 15 is 0 Å². The topological polar surface area (TPSA) is 44.5 Å². The van der Waals surface area contributed by atoms with Crippen molar-refractivity contribution in [1.82, 2.24) is 0 Å². The first-order valence-corrected chi connectivity index (χ1v) is 6.84. The average molecular weight is 306 g/mol. The zero-order valence-corrected chi connectivity index (χ0v) is 13.1. The molecule has 4 heteroatoms. The smallest absolute Gasteiger partial charge is 0.119 e. The summed E-state index contributed by atoms with van der Waals surface area (Å²) in [5.74, 6) is 2.12. The lowest BCUT2D eigenvalue weighted by Crippen LogP contribution is -2.06. The molecule has 1 aliphatic rings. The summed E-state index contributed by atoms with van der Waals surface area (Å²) >= 11 is 0. The molecule has 0 bridgehead atoms. The van der Waals surface area contributed by atoms with E-state index in [1.807, 2.05) is 12.1 Å². The highest BCUT2D eigenvalue weighted by molar-refractivity contribution is 5.85. The van der Waals surface area contributed by atoms with Crippen LogP contribution in [0, 0.1) is 0 Å². The van der Waals surface area contributed by atoms with Crippen LogP contribution in [0.5, 0.6) is 11.5 Å². The predicted molar refractivity (Wildman–Crippen MR) is 87.7 cm³/mol. The lowest BCUT2D eigenvalue weighted by atomic mass is 9.93. The van der Waals surface area contributed by atoms with E-state index in [1.54, 1.807) is 14.2 Å². The SMILES string of the molecule is COc1ccc2c(c1)C(CCN)c1cc(OC)ccc1-2.Cl. The molecule has 112 valence electrons. The van der Waals surface area contributed by atoms with Crippen LogP contribution in [0.1, 0.15) is 23.5 Å². The second-order valence-corrected chi connectivity index (χ2v) is 5.04. The Bertz CT molecular complexity index is 589. The zero-order chi connectivity index (χ0) is 14.1. The molecule has 0 atom stereocenters. The first-order valence-electron chi connectivity index (χ1n) is 6.84. The van der Waals surface area contributed by atoms with Gasteiger partial charge in [0.25, 0.3) is 0 Å². The quantitative estimate of drug-likeness (QED) is 0.939. The number of hydrogen-bond donors (Lipinski definition) is 1. The minimum absolute atomic E-state index is 0. The number of methoxy groups -OCH3 is 2. The monoisotopic (exact) mass is 305 g/mol. The molecule has 21 heavy (non-hydrogen) atoms. The molecule has 0 unspecified atom stereocenters. The third-order valence-corrected chi connectivity index (χ3v) is 4.01. The van der Waals surface area contributed by atoms with Crippen molar-refractivity contribution in [3.8, 4) is 22.6 Å². The van der Waals surface area contributed by atoms with Gasteiger partial charge in [-0.15, -0.1) is 12.4 Å². The Morgan fingerprint density at radius 1 is 0.905 bits per heavy atom. The van der Waals surface area contributed by atoms with Gasteiger partial charge in [0, 0.05) is 5.92 Å². The summed E-state index contributed by atoms with van der Waals surface area (Å²) < 4.78 is 10.7. The van der Waals surface area contributed by atoms with Gasteiger partial charge < -0.3 is 15.2 Å². The Hall–Kier alpha value is -1.71. The molecule has 0 saturated carbocycles. The van der Waals surface area contributed by atoms with Gasteiger partial charge in [0.15, 0.2) is 0 Å². The van der Waals surface area contributed by atoms with Crippen molar-refractivity contribution in [2.45, 2.75) is 12.3 Å². The van der Waals surface area contributed by atoms with Crippen molar-refractivity contribution in [2.24, 2.45) is 5.73 Å². The maximum atomic E-state index is 5.80. The van der Waals surface area contributed by atoms with E-state index in [-0.39, 0.29) is 12.4 Å². The van der Waals surface area contributed by atoms with Crippen LogP contribution in [0.15, 0.2) is 36.4 Å². The van der Waals surface area contributed by atoms with Crippen LogP contribution >= 0.6 is 12.4 Å². The molecule has 0 fully saturated rings. The fraction of sp³-hybridized carbons (Fsp3) is 0.294. The number of ether oxygens (including phenoxy) is 2. The number of benzene rings is 2. The van der Waals surface area contributed by atoms with Gasteiger partial charge in [-0.05, 0) is 59.5 Å². The molecule has 0 amide bonds. The fourth-order valence-electron chi connectivity index (χ4n) is 3.05. The minimum atomic E-state index is 0. The molecule has 0 heterocycles. The highest BCUT2D eigenvalue weighted by Gasteiger charge is 2.28. The third kappa shape index (κ3) is 2.59. The van der Waals surface area contributed by atoms with E-state index in [4.69, 9.17) is 15.2 Å². The molecule has 0 spiro atoms. The van der Waals surface area contributed by atoms with Gasteiger partial charge >= 0.3 is 0 Å². The van der Waals surface area contributed by atoms with Gasteiger partial charge in [-0.2, -0.15) is 0 Å². The second kappa shape index (κ2) is 6.37. The predicted octanol–water partition coefficient (Wildman–Crippen LogP) is 3.59. The van der Waals surface area contributed by atoms with Crippen molar-refractivity contribution in [2.75, 3.05) is 20.8 Å². The van der Waals surface area contributed by atoms with E-state index in [0.29, 0.717) is 12.5 Å². The summed E-state index contributed by atoms with van der Waals surface area (Å²) in [4.78, 5) is 0. The molecule has 2 aromatic rings. The van der Waals surface area contributed by atoms with Gasteiger partial charge in [-0.25, -0.2) is 0 Å². The normalized spacial score (nSPS) is 12.3. The van der Waals surface area contributed by atoms with Gasteiger partial charge in [0.1, 0.15) is 11.5 Å². The van der Waals surface area contributed by atoms with Crippen molar-refractivity contribution >= 4 is 12.4 Å². The number of nitrogens with two attached hydrogens (primary N) is 1. The van der Waals surface area contributed by atoms with Gasteiger partial charge in [-0.1, -0.05) is 12.1 Å². The molecule has 2 N–H and O–H groups in total. The third-order valence-electron chi connectivity index (χ3n) is 4.01. The summed E-state index contributed by atoms with van der Waals surface area (Å²) in [7, 11) is 3.40. The largest absolute Gasteiger partial charge is 0.497 e. The molecule has 2 aromatic carbocycles. The average Bonchev–Trinajstić information content (AvgIpc) is 2.80. The maximum absolute atomic E-state index is 5.80. The number of fused-ring (bicyclic) bond motifs is 3. The van der Waals surface area contributed by atoms with Crippen molar-refractivity contribution in [1.29, 1.82) is 0 Å². The van der Waals surface area contributed by atoms with Crippen LogP contribution in [-0.2, 0) is 0 Å². The summed E-state index contributed by atoms with van der Waals surface area (Å²) in [6, 6.07) is 12.5. The number of rotatable bonds is 4. The van der Waals surface area contributed by atoms with E-state index < -0.39 is 0 Å². The Labute approximate surface area is 131 Å². The lowest BCUT2D eigenvalue weighted by molar-refractivity contribution is 0.413. The van der Waals surface area contributed by atoms with Crippen LogP contribution in [-0.4, -0.2) is 20.8 Å². The highest BCUT2D eigenvalue weighted by Crippen LogP contribution is 2.48. The zero-order valence-electron chi connectivity index (χ0n) is 12.3. The molecule has 0 saturated heterocycles. The Morgan fingerprint density at radius 3 is 1.76 bits per heavy atom. The summed E-state index contributed by atoms with van der Waals surface area (Å²) in [6.07, 6.45) is 0.931. The van der Waals surface area contributed by atoms with Gasteiger partial charge in [0.05, 0.1) is 14.2 Å². The summed E-state index contributed by atoms with van der Waals surface area (Å²) in [5.41, 5.74) is 11.0. The van der Waals surface area contributed by atoms with Crippen LogP contribution < -0.4 is 15.2 Å². The second-order valence-electron chi connectivity index (χ2n) is 5.04. The summed E-state index contributed by atoms with van der Waals surface area (Å²) in [6.45, 7) is 0.665. The van der Waals surface area contributed by atoms with Crippen LogP contribution in [0.25, 0.3) is 11.1 Å². The van der Waals surface area contributed by atoms with E-state index in [1.165, 1.54) is 22.3 Å². The van der Waals surface area contributed by atoms with Crippen molar-refractivity contribution in [3.63, 3.8) is 0 Å². The maximum Gasteiger partial charge on any atom is 0.119 e. The number of hydrogen-bond acceptors (Lipinski definition) is 3. The molecule has 1 aliphatic carbocycles. The molecular weight excluding hydrogens is 286 g/mol. The van der Waals surface area contributed by atoms with Gasteiger partial charge in [-0.3, -0.25) is 0 Å². The Balaban J connectivity index is 0.00000161. The molecular formula is C17H20ClNO2. The van der Waals surface area contributed by atoms with Crippen LogP contribution in [0.2, 0.25) is 0 Å². The van der Waals surface area contributed by atoms with Crippen LogP contribution in [0.4, 0.5) is 0 Å². The van der Waals surface area contributed by atoms with Crippen molar-refractivity contribution in [3.05, 3.63) is 47.5 Å². The number of halogens is 1. The molecule has 0 radical (unpaired) electrons. The van der Waals surface area contributed by atoms with E-state index in [0.717, 1.165) is 17.9 Å². The molecule has 3 rings (SSSR count). The standard InChI is InChI=1S/C17H19NO2.ClH/c1-19-11-3-5-13-14-6-4-12(20-2)10-17(14)15(7-8-18)16(13)9-11;/h3-6,9-10,15H,7-8,18H2,1-2H3;1H.